The van der Waals surface area contributed by atoms with Crippen LogP contribution in [-0.2, 0) is 21.3 Å². The van der Waals surface area contributed by atoms with Crippen molar-refractivity contribution in [3.05, 3.63) is 46.6 Å². The molecule has 1 fully saturated rings. The van der Waals surface area contributed by atoms with E-state index in [1.165, 1.54) is 12.3 Å². The van der Waals surface area contributed by atoms with Crippen molar-refractivity contribution in [2.45, 2.75) is 11.4 Å². The number of halogens is 1. The van der Waals surface area contributed by atoms with Crippen molar-refractivity contribution in [2.24, 2.45) is 5.14 Å². The molecule has 0 atom stereocenters. The van der Waals surface area contributed by atoms with Crippen molar-refractivity contribution >= 4 is 37.5 Å². The van der Waals surface area contributed by atoms with Crippen LogP contribution in [0.4, 0.5) is 11.5 Å². The number of aromatic nitrogens is 1. The number of nitrogens with zero attached hydrogens (tertiary/aromatic N) is 2. The Morgan fingerprint density at radius 2 is 2.04 bits per heavy atom. The van der Waals surface area contributed by atoms with E-state index in [-0.39, 0.29) is 10.7 Å². The molecule has 1 aliphatic heterocycles. The molecule has 1 aliphatic rings. The minimum Gasteiger partial charge on any atom is -0.378 e. The molecule has 1 aromatic carbocycles. The van der Waals surface area contributed by atoms with Crippen LogP contribution < -0.4 is 15.4 Å². The lowest BCUT2D eigenvalue weighted by Gasteiger charge is -2.31. The zero-order valence-electron chi connectivity index (χ0n) is 13.5. The molecule has 0 aliphatic carbocycles. The van der Waals surface area contributed by atoms with E-state index in [9.17, 15) is 8.42 Å². The van der Waals surface area contributed by atoms with Crippen LogP contribution in [-0.4, -0.2) is 39.7 Å². The molecule has 2 aromatic rings. The summed E-state index contributed by atoms with van der Waals surface area (Å²) in [5, 5.41) is 8.35. The molecular weight excluding hydrogens is 408 g/mol. The van der Waals surface area contributed by atoms with Crippen LogP contribution in [0.25, 0.3) is 0 Å². The van der Waals surface area contributed by atoms with Crippen LogP contribution in [0.2, 0.25) is 0 Å². The number of hydrogen-bond acceptors (Lipinski definition) is 6. The first-order valence-electron chi connectivity index (χ1n) is 7.78. The van der Waals surface area contributed by atoms with Gasteiger partial charge in [-0.15, -0.1) is 0 Å². The zero-order chi connectivity index (χ0) is 17.9. The molecular formula is C16H19BrN4O3S. The van der Waals surface area contributed by atoms with Gasteiger partial charge in [0, 0.05) is 36.0 Å². The summed E-state index contributed by atoms with van der Waals surface area (Å²) in [5.74, 6) is 0.251. The number of nitrogens with two attached hydrogens (primary N) is 1. The van der Waals surface area contributed by atoms with Gasteiger partial charge in [0.05, 0.1) is 13.2 Å². The molecule has 0 unspecified atom stereocenters. The maximum absolute atomic E-state index is 11.7. The molecule has 0 bridgehead atoms. The number of benzene rings is 1. The highest BCUT2D eigenvalue weighted by atomic mass is 79.9. The van der Waals surface area contributed by atoms with E-state index in [1.807, 2.05) is 12.1 Å². The van der Waals surface area contributed by atoms with Gasteiger partial charge in [0.25, 0.3) is 0 Å². The molecule has 0 saturated carbocycles. The Hall–Kier alpha value is -1.68. The fourth-order valence-electron chi connectivity index (χ4n) is 2.72. The van der Waals surface area contributed by atoms with Gasteiger partial charge in [-0.1, -0.05) is 22.0 Å². The van der Waals surface area contributed by atoms with Crippen LogP contribution in [0.1, 0.15) is 5.56 Å². The smallest absolute Gasteiger partial charge is 0.241 e. The third-order valence-electron chi connectivity index (χ3n) is 3.92. The highest BCUT2D eigenvalue weighted by Crippen LogP contribution is 2.27. The van der Waals surface area contributed by atoms with Crippen LogP contribution in [0.3, 0.4) is 0 Å². The van der Waals surface area contributed by atoms with Gasteiger partial charge < -0.3 is 15.0 Å². The van der Waals surface area contributed by atoms with E-state index in [0.29, 0.717) is 19.8 Å². The highest BCUT2D eigenvalue weighted by Gasteiger charge is 2.17. The minimum atomic E-state index is -3.83. The molecule has 1 aromatic heterocycles. The normalized spacial score (nSPS) is 15.2. The second kappa shape index (κ2) is 7.69. The largest absolute Gasteiger partial charge is 0.378 e. The van der Waals surface area contributed by atoms with Crippen molar-refractivity contribution in [1.29, 1.82) is 0 Å². The number of primary sulfonamides is 1. The molecule has 2 heterocycles. The van der Waals surface area contributed by atoms with Gasteiger partial charge in [-0.3, -0.25) is 0 Å². The monoisotopic (exact) mass is 426 g/mol. The molecule has 0 radical (unpaired) electrons. The van der Waals surface area contributed by atoms with E-state index in [1.54, 1.807) is 6.07 Å². The van der Waals surface area contributed by atoms with E-state index < -0.39 is 10.0 Å². The van der Waals surface area contributed by atoms with Crippen LogP contribution in [0.5, 0.6) is 0 Å². The number of morpholine rings is 1. The van der Waals surface area contributed by atoms with Gasteiger partial charge in [-0.05, 0) is 29.8 Å². The SMILES string of the molecule is NS(=O)(=O)c1cccnc1NCc1ccc(Br)cc1N1CCOCC1. The Bertz CT molecular complexity index is 854. The number of rotatable bonds is 5. The van der Waals surface area contributed by atoms with E-state index in [0.717, 1.165) is 28.8 Å². The Labute approximate surface area is 155 Å². The van der Waals surface area contributed by atoms with Crippen molar-refractivity contribution in [3.8, 4) is 0 Å². The predicted octanol–water partition coefficient (Wildman–Crippen LogP) is 1.94. The van der Waals surface area contributed by atoms with E-state index >= 15 is 0 Å². The summed E-state index contributed by atoms with van der Waals surface area (Å²) in [6, 6.07) is 9.00. The minimum absolute atomic E-state index is 0.0139. The van der Waals surface area contributed by atoms with Crippen molar-refractivity contribution in [2.75, 3.05) is 36.5 Å². The molecule has 0 spiro atoms. The van der Waals surface area contributed by atoms with E-state index in [2.05, 4.69) is 37.2 Å². The Kier molecular flexibility index (Phi) is 5.57. The molecule has 7 nitrogen and oxygen atoms in total. The topological polar surface area (TPSA) is 97.6 Å². The standard InChI is InChI=1S/C16H19BrN4O3S/c17-13-4-3-12(14(10-13)21-6-8-24-9-7-21)11-20-16-15(25(18,22)23)2-1-5-19-16/h1-5,10H,6-9,11H2,(H,19,20)(H2,18,22,23). The number of pyridine rings is 1. The van der Waals surface area contributed by atoms with Gasteiger partial charge in [-0.25, -0.2) is 18.5 Å². The first-order chi connectivity index (χ1) is 11.9. The molecule has 9 heteroatoms. The molecule has 3 rings (SSSR count). The lowest BCUT2D eigenvalue weighted by atomic mass is 10.1. The summed E-state index contributed by atoms with van der Waals surface area (Å²) in [7, 11) is -3.83. The fraction of sp³-hybridized carbons (Fsp3) is 0.312. The van der Waals surface area contributed by atoms with Gasteiger partial charge >= 0.3 is 0 Å². The Morgan fingerprint density at radius 1 is 1.28 bits per heavy atom. The van der Waals surface area contributed by atoms with Gasteiger partial charge in [-0.2, -0.15) is 0 Å². The zero-order valence-corrected chi connectivity index (χ0v) is 15.9. The number of nitrogens with one attached hydrogen (secondary N) is 1. The second-order valence-corrected chi connectivity index (χ2v) is 8.07. The number of sulfonamides is 1. The second-order valence-electron chi connectivity index (χ2n) is 5.62. The maximum Gasteiger partial charge on any atom is 0.241 e. The summed E-state index contributed by atoms with van der Waals surface area (Å²) in [6.45, 7) is 3.44. The average Bonchev–Trinajstić information content (AvgIpc) is 2.61. The van der Waals surface area contributed by atoms with Crippen LogP contribution in [0.15, 0.2) is 45.9 Å². The van der Waals surface area contributed by atoms with Crippen LogP contribution >= 0.6 is 15.9 Å². The lowest BCUT2D eigenvalue weighted by molar-refractivity contribution is 0.122. The molecule has 0 amide bonds. The van der Waals surface area contributed by atoms with Crippen molar-refractivity contribution in [3.63, 3.8) is 0 Å². The number of hydrogen-bond donors (Lipinski definition) is 2. The Morgan fingerprint density at radius 3 is 2.76 bits per heavy atom. The summed E-state index contributed by atoms with van der Waals surface area (Å²) < 4.78 is 29.8. The van der Waals surface area contributed by atoms with Crippen molar-refractivity contribution in [1.82, 2.24) is 4.98 Å². The molecule has 3 N–H and O–H groups in total. The van der Waals surface area contributed by atoms with Crippen LogP contribution in [0, 0.1) is 0 Å². The first-order valence-corrected chi connectivity index (χ1v) is 10.1. The summed E-state index contributed by atoms with van der Waals surface area (Å²) in [6.07, 6.45) is 1.53. The quantitative estimate of drug-likeness (QED) is 0.757. The van der Waals surface area contributed by atoms with Crippen molar-refractivity contribution < 1.29 is 13.2 Å². The number of anilines is 2. The number of ether oxygens (including phenoxy) is 1. The van der Waals surface area contributed by atoms with Gasteiger partial charge in [0.1, 0.15) is 10.7 Å². The Balaban J connectivity index is 1.85. The van der Waals surface area contributed by atoms with E-state index in [4.69, 9.17) is 9.88 Å². The third-order valence-corrected chi connectivity index (χ3v) is 5.36. The molecule has 25 heavy (non-hydrogen) atoms. The summed E-state index contributed by atoms with van der Waals surface area (Å²) in [5.41, 5.74) is 2.12. The maximum atomic E-state index is 11.7. The third kappa shape index (κ3) is 4.49. The summed E-state index contributed by atoms with van der Waals surface area (Å²) in [4.78, 5) is 6.35. The fourth-order valence-corrected chi connectivity index (χ4v) is 3.73. The van der Waals surface area contributed by atoms with Gasteiger partial charge in [0.15, 0.2) is 0 Å². The van der Waals surface area contributed by atoms with Gasteiger partial charge in [0.2, 0.25) is 10.0 Å². The lowest BCUT2D eigenvalue weighted by Crippen LogP contribution is -2.37. The predicted molar refractivity (Wildman–Crippen MR) is 100 cm³/mol. The average molecular weight is 427 g/mol. The molecule has 1 saturated heterocycles. The summed E-state index contributed by atoms with van der Waals surface area (Å²) >= 11 is 3.51. The molecule has 134 valence electrons. The highest BCUT2D eigenvalue weighted by molar-refractivity contribution is 9.10. The first kappa shape index (κ1) is 18.1.